The highest BCUT2D eigenvalue weighted by Crippen LogP contribution is 2.27. The van der Waals surface area contributed by atoms with Crippen molar-refractivity contribution in [2.75, 3.05) is 0 Å². The molecule has 60 valence electrons. The Morgan fingerprint density at radius 3 is 2.00 bits per heavy atom. The van der Waals surface area contributed by atoms with Gasteiger partial charge in [-0.1, -0.05) is 0 Å². The summed E-state index contributed by atoms with van der Waals surface area (Å²) >= 11 is 4.68. The third-order valence-electron chi connectivity index (χ3n) is 0.501. The summed E-state index contributed by atoms with van der Waals surface area (Å²) in [5, 5.41) is -0.967. The van der Waals surface area contributed by atoms with Crippen molar-refractivity contribution >= 4 is 11.6 Å². The fraction of sp³-hybridized carbons (Fsp3) is 0.500. The Kier molecular flexibility index (Phi) is 2.96. The van der Waals surface area contributed by atoms with Crippen LogP contribution < -0.4 is 0 Å². The summed E-state index contributed by atoms with van der Waals surface area (Å²) in [6, 6.07) is 0. The highest BCUT2D eigenvalue weighted by molar-refractivity contribution is 6.27. The minimum atomic E-state index is -4.54. The average molecular weight is 179 g/mol. The molecule has 0 saturated carbocycles. The molecular formula is C4H3ClF4O. The molecule has 1 nitrogen and oxygen atoms in total. The molecule has 0 saturated heterocycles. The van der Waals surface area contributed by atoms with Gasteiger partial charge in [0.15, 0.2) is 5.22 Å². The Hall–Kier alpha value is -0.450. The van der Waals surface area contributed by atoms with Crippen LogP contribution in [0, 0.1) is 0 Å². The molecule has 6 heteroatoms. The Morgan fingerprint density at radius 1 is 1.50 bits per heavy atom. The number of halogens is 5. The van der Waals surface area contributed by atoms with Gasteiger partial charge in [0.05, 0.1) is 0 Å². The van der Waals surface area contributed by atoms with Gasteiger partial charge < -0.3 is 4.74 Å². The number of hydrogen-bond donors (Lipinski definition) is 0. The van der Waals surface area contributed by atoms with Crippen LogP contribution in [-0.2, 0) is 4.74 Å². The standard InChI is InChI=1S/C4H3ClF4O/c1-2(5)10-4(8,9)3(6)7/h3H,1H2. The van der Waals surface area contributed by atoms with E-state index in [1.807, 2.05) is 0 Å². The van der Waals surface area contributed by atoms with Crippen molar-refractivity contribution in [3.05, 3.63) is 11.8 Å². The van der Waals surface area contributed by atoms with E-state index in [-0.39, 0.29) is 0 Å². The zero-order chi connectivity index (χ0) is 8.36. The molecule has 0 fully saturated rings. The van der Waals surface area contributed by atoms with Crippen LogP contribution in [-0.4, -0.2) is 12.5 Å². The maximum atomic E-state index is 11.7. The van der Waals surface area contributed by atoms with Crippen LogP contribution in [0.1, 0.15) is 0 Å². The average Bonchev–Trinajstić information content (AvgIpc) is 1.60. The zero-order valence-corrected chi connectivity index (χ0v) is 5.34. The Bertz CT molecular complexity index is 135. The molecule has 0 atom stereocenters. The third-order valence-corrected chi connectivity index (χ3v) is 0.578. The highest BCUT2D eigenvalue weighted by atomic mass is 35.5. The fourth-order valence-corrected chi connectivity index (χ4v) is 0.295. The van der Waals surface area contributed by atoms with Crippen LogP contribution in [0.5, 0.6) is 0 Å². The van der Waals surface area contributed by atoms with Gasteiger partial charge in [-0.05, 0) is 18.2 Å². The summed E-state index contributed by atoms with van der Waals surface area (Å²) < 4.78 is 48.9. The van der Waals surface area contributed by atoms with Gasteiger partial charge in [-0.15, -0.1) is 0 Å². The number of hydrogen-bond acceptors (Lipinski definition) is 1. The smallest absolute Gasteiger partial charge is 0.418 e. The normalized spacial score (nSPS) is 11.8. The van der Waals surface area contributed by atoms with Gasteiger partial charge in [-0.25, -0.2) is 0 Å². The van der Waals surface area contributed by atoms with Gasteiger partial charge in [0.1, 0.15) is 0 Å². The second-order valence-electron chi connectivity index (χ2n) is 1.32. The van der Waals surface area contributed by atoms with E-state index in [4.69, 9.17) is 0 Å². The van der Waals surface area contributed by atoms with E-state index in [0.29, 0.717) is 0 Å². The number of alkyl halides is 4. The first-order chi connectivity index (χ1) is 4.36. The predicted molar refractivity (Wildman–Crippen MR) is 27.0 cm³/mol. The molecular weight excluding hydrogens is 175 g/mol. The van der Waals surface area contributed by atoms with Crippen molar-refractivity contribution < 1.29 is 22.3 Å². The molecule has 0 heterocycles. The number of ether oxygens (including phenoxy) is 1. The van der Waals surface area contributed by atoms with Crippen molar-refractivity contribution in [2.24, 2.45) is 0 Å². The summed E-state index contributed by atoms with van der Waals surface area (Å²) in [4.78, 5) is 0. The van der Waals surface area contributed by atoms with Crippen LogP contribution in [0.2, 0.25) is 0 Å². The lowest BCUT2D eigenvalue weighted by Gasteiger charge is -2.14. The van der Waals surface area contributed by atoms with E-state index in [0.717, 1.165) is 0 Å². The Labute approximate surface area is 59.2 Å². The van der Waals surface area contributed by atoms with Gasteiger partial charge in [-0.2, -0.15) is 17.6 Å². The monoisotopic (exact) mass is 178 g/mol. The molecule has 0 N–H and O–H groups in total. The third kappa shape index (κ3) is 2.91. The molecule has 0 aromatic heterocycles. The molecule has 0 aliphatic carbocycles. The van der Waals surface area contributed by atoms with Crippen LogP contribution in [0.4, 0.5) is 17.6 Å². The van der Waals surface area contributed by atoms with Crippen molar-refractivity contribution in [1.82, 2.24) is 0 Å². The molecule has 0 bridgehead atoms. The molecule has 0 rings (SSSR count). The highest BCUT2D eigenvalue weighted by Gasteiger charge is 2.44. The van der Waals surface area contributed by atoms with E-state index in [1.165, 1.54) is 0 Å². The molecule has 0 amide bonds. The molecule has 0 radical (unpaired) electrons. The second-order valence-corrected chi connectivity index (χ2v) is 1.74. The lowest BCUT2D eigenvalue weighted by Crippen LogP contribution is -2.28. The summed E-state index contributed by atoms with van der Waals surface area (Å²) in [7, 11) is 0. The summed E-state index contributed by atoms with van der Waals surface area (Å²) in [6.45, 7) is 2.65. The SMILES string of the molecule is C=C(Cl)OC(F)(F)C(F)F. The van der Waals surface area contributed by atoms with Crippen LogP contribution in [0.25, 0.3) is 0 Å². The van der Waals surface area contributed by atoms with Gasteiger partial charge in [0, 0.05) is 0 Å². The molecule has 0 aliphatic heterocycles. The molecule has 0 aliphatic rings. The van der Waals surface area contributed by atoms with Gasteiger partial charge in [0.2, 0.25) is 0 Å². The zero-order valence-electron chi connectivity index (χ0n) is 4.58. The van der Waals surface area contributed by atoms with Crippen LogP contribution in [0.3, 0.4) is 0 Å². The summed E-state index contributed by atoms with van der Waals surface area (Å²) in [5.41, 5.74) is 0. The molecule has 0 aromatic rings. The van der Waals surface area contributed by atoms with Gasteiger partial charge in [-0.3, -0.25) is 0 Å². The van der Waals surface area contributed by atoms with Crippen molar-refractivity contribution in [3.8, 4) is 0 Å². The largest absolute Gasteiger partial charge is 0.461 e. The minimum absolute atomic E-state index is 0.967. The quantitative estimate of drug-likeness (QED) is 0.477. The minimum Gasteiger partial charge on any atom is -0.418 e. The molecule has 10 heavy (non-hydrogen) atoms. The fourth-order valence-electron chi connectivity index (χ4n) is 0.192. The van der Waals surface area contributed by atoms with Crippen molar-refractivity contribution in [2.45, 2.75) is 12.5 Å². The van der Waals surface area contributed by atoms with Crippen molar-refractivity contribution in [1.29, 1.82) is 0 Å². The van der Waals surface area contributed by atoms with E-state index in [9.17, 15) is 17.6 Å². The van der Waals surface area contributed by atoms with Crippen LogP contribution in [0.15, 0.2) is 11.8 Å². The molecule has 0 unspecified atom stereocenters. The first-order valence-corrected chi connectivity index (χ1v) is 2.43. The van der Waals surface area contributed by atoms with E-state index >= 15 is 0 Å². The van der Waals surface area contributed by atoms with Gasteiger partial charge in [0.25, 0.3) is 0 Å². The molecule has 0 aromatic carbocycles. The predicted octanol–water partition coefficient (Wildman–Crippen LogP) is 2.57. The first-order valence-electron chi connectivity index (χ1n) is 2.05. The second kappa shape index (κ2) is 3.09. The summed E-state index contributed by atoms with van der Waals surface area (Å²) in [6.07, 6.45) is -8.44. The molecule has 0 spiro atoms. The maximum Gasteiger partial charge on any atom is 0.461 e. The summed E-state index contributed by atoms with van der Waals surface area (Å²) in [5.74, 6) is 0. The Balaban J connectivity index is 3.99. The topological polar surface area (TPSA) is 9.23 Å². The van der Waals surface area contributed by atoms with Crippen LogP contribution >= 0.6 is 11.6 Å². The lowest BCUT2D eigenvalue weighted by molar-refractivity contribution is -0.277. The van der Waals surface area contributed by atoms with Gasteiger partial charge >= 0.3 is 12.5 Å². The first kappa shape index (κ1) is 9.55. The number of rotatable bonds is 3. The maximum absolute atomic E-state index is 11.7. The lowest BCUT2D eigenvalue weighted by atomic mass is 10.6. The van der Waals surface area contributed by atoms with E-state index in [2.05, 4.69) is 22.9 Å². The Morgan fingerprint density at radius 2 is 1.90 bits per heavy atom. The van der Waals surface area contributed by atoms with E-state index < -0.39 is 17.8 Å². The van der Waals surface area contributed by atoms with Crippen molar-refractivity contribution in [3.63, 3.8) is 0 Å². The van der Waals surface area contributed by atoms with E-state index in [1.54, 1.807) is 0 Å².